The first-order valence-corrected chi connectivity index (χ1v) is 8.86. The molecule has 2 rings (SSSR count). The van der Waals surface area contributed by atoms with Gasteiger partial charge in [0.25, 0.3) is 5.91 Å². The van der Waals surface area contributed by atoms with Crippen LogP contribution in [0.2, 0.25) is 5.02 Å². The summed E-state index contributed by atoms with van der Waals surface area (Å²) in [5, 5.41) is 0.227. The molecular weight excluding hydrogens is 385 g/mol. The molecule has 0 aromatic heterocycles. The highest BCUT2D eigenvalue weighted by Crippen LogP contribution is 2.34. The molecule has 0 unspecified atom stereocenters. The monoisotopic (exact) mass is 398 g/mol. The Hall–Kier alpha value is -1.62. The minimum Gasteiger partial charge on any atom is -0.379 e. The third-order valence-corrected chi connectivity index (χ3v) is 5.03. The van der Waals surface area contributed by atoms with Crippen LogP contribution in [0.3, 0.4) is 0 Å². The van der Waals surface area contributed by atoms with Gasteiger partial charge in [0.05, 0.1) is 18.8 Å². The molecule has 1 aromatic carbocycles. The zero-order valence-corrected chi connectivity index (χ0v) is 14.3. The maximum absolute atomic E-state index is 13.2. The Morgan fingerprint density at radius 1 is 1.20 bits per heavy atom. The lowest BCUT2D eigenvalue weighted by molar-refractivity contribution is -0.115. The quantitative estimate of drug-likeness (QED) is 0.787. The van der Waals surface area contributed by atoms with Gasteiger partial charge in [0, 0.05) is 24.2 Å². The van der Waals surface area contributed by atoms with Crippen LogP contribution < -0.4 is 4.72 Å². The molecule has 0 spiro atoms. The number of nitrogens with one attached hydrogen (secondary N) is 1. The summed E-state index contributed by atoms with van der Waals surface area (Å²) in [5.74, 6) is -1.39. The molecule has 0 bridgehead atoms. The van der Waals surface area contributed by atoms with Crippen LogP contribution in [0.5, 0.6) is 0 Å². The van der Waals surface area contributed by atoms with Gasteiger partial charge < -0.3 is 4.74 Å². The van der Waals surface area contributed by atoms with Gasteiger partial charge in [0.15, 0.2) is 0 Å². The zero-order valence-electron chi connectivity index (χ0n) is 12.7. The zero-order chi connectivity index (χ0) is 18.7. The van der Waals surface area contributed by atoms with Crippen LogP contribution in [-0.4, -0.2) is 51.1 Å². The molecule has 1 aromatic rings. The summed E-state index contributed by atoms with van der Waals surface area (Å²) >= 11 is 5.63. The molecule has 1 heterocycles. The lowest BCUT2D eigenvalue weighted by atomic mass is 10.1. The van der Waals surface area contributed by atoms with Crippen molar-refractivity contribution in [3.05, 3.63) is 40.9 Å². The Bertz CT molecular complexity index is 757. The van der Waals surface area contributed by atoms with Crippen LogP contribution in [0.4, 0.5) is 13.2 Å². The van der Waals surface area contributed by atoms with Crippen molar-refractivity contribution in [3.8, 4) is 0 Å². The van der Waals surface area contributed by atoms with Crippen molar-refractivity contribution in [1.29, 1.82) is 0 Å². The second kappa shape index (κ2) is 7.73. The van der Waals surface area contributed by atoms with Crippen molar-refractivity contribution in [3.63, 3.8) is 0 Å². The van der Waals surface area contributed by atoms with E-state index in [1.807, 2.05) is 0 Å². The summed E-state index contributed by atoms with van der Waals surface area (Å²) < 4.78 is 71.2. The van der Waals surface area contributed by atoms with E-state index in [1.165, 1.54) is 12.1 Å². The first kappa shape index (κ1) is 19.7. The van der Waals surface area contributed by atoms with Crippen LogP contribution in [0.15, 0.2) is 30.3 Å². The Labute approximate surface area is 147 Å². The van der Waals surface area contributed by atoms with E-state index in [0.717, 1.165) is 16.4 Å². The molecule has 0 atom stereocenters. The Balaban J connectivity index is 2.24. The number of allylic oxidation sites excluding steroid dienone is 1. The number of hydrogen-bond acceptors (Lipinski definition) is 4. The summed E-state index contributed by atoms with van der Waals surface area (Å²) in [4.78, 5) is 11.8. The highest BCUT2D eigenvalue weighted by atomic mass is 35.5. The Morgan fingerprint density at radius 2 is 1.76 bits per heavy atom. The SMILES string of the molecule is O=C(C=C(c1ccc(Cl)cc1)C(F)(F)F)NS(=O)(=O)N1CCOCC1. The smallest absolute Gasteiger partial charge is 0.379 e. The van der Waals surface area contributed by atoms with E-state index in [4.69, 9.17) is 16.3 Å². The lowest BCUT2D eigenvalue weighted by Crippen LogP contribution is -2.48. The predicted octanol–water partition coefficient (Wildman–Crippen LogP) is 1.98. The third kappa shape index (κ3) is 5.43. The highest BCUT2D eigenvalue weighted by Gasteiger charge is 2.36. The highest BCUT2D eigenvalue weighted by molar-refractivity contribution is 7.87. The standard InChI is InChI=1S/C14H14ClF3N2O4S/c15-11-3-1-10(2-4-11)12(14(16,17)18)9-13(21)19-25(22,23)20-5-7-24-8-6-20/h1-4,9H,5-8H2,(H,19,21). The minimum absolute atomic E-state index is 0.00956. The molecule has 6 nitrogen and oxygen atoms in total. The number of rotatable bonds is 4. The Morgan fingerprint density at radius 3 is 2.28 bits per heavy atom. The average Bonchev–Trinajstić information content (AvgIpc) is 2.53. The largest absolute Gasteiger partial charge is 0.417 e. The number of benzene rings is 1. The Kier molecular flexibility index (Phi) is 6.09. The van der Waals surface area contributed by atoms with Crippen molar-refractivity contribution in [2.45, 2.75) is 6.18 Å². The predicted molar refractivity (Wildman–Crippen MR) is 84.9 cm³/mol. The number of amides is 1. The summed E-state index contributed by atoms with van der Waals surface area (Å²) in [6.07, 6.45) is -4.64. The first-order chi connectivity index (χ1) is 11.6. The molecule has 1 aliphatic heterocycles. The molecule has 1 amide bonds. The molecule has 1 fully saturated rings. The number of hydrogen-bond donors (Lipinski definition) is 1. The second-order valence-electron chi connectivity index (χ2n) is 5.05. The van der Waals surface area contributed by atoms with Crippen LogP contribution in [0.25, 0.3) is 5.57 Å². The number of halogens is 4. The third-order valence-electron chi connectivity index (χ3n) is 3.28. The van der Waals surface area contributed by atoms with Gasteiger partial charge in [0.1, 0.15) is 0 Å². The normalized spacial score (nSPS) is 17.4. The molecule has 0 saturated carbocycles. The number of carbonyl (C=O) groups is 1. The number of carbonyl (C=O) groups excluding carboxylic acids is 1. The number of nitrogens with zero attached hydrogens (tertiary/aromatic N) is 1. The molecule has 138 valence electrons. The fourth-order valence-electron chi connectivity index (χ4n) is 2.10. The summed E-state index contributed by atoms with van der Waals surface area (Å²) in [6.45, 7) is 0.304. The first-order valence-electron chi connectivity index (χ1n) is 7.04. The van der Waals surface area contributed by atoms with E-state index in [-0.39, 0.29) is 43.0 Å². The molecule has 1 aliphatic rings. The molecule has 25 heavy (non-hydrogen) atoms. The van der Waals surface area contributed by atoms with E-state index in [1.54, 1.807) is 4.72 Å². The number of morpholine rings is 1. The molecule has 11 heteroatoms. The van der Waals surface area contributed by atoms with E-state index < -0.39 is 27.9 Å². The van der Waals surface area contributed by atoms with Gasteiger partial charge in [-0.2, -0.15) is 25.9 Å². The summed E-state index contributed by atoms with van der Waals surface area (Å²) in [7, 11) is -4.24. The molecular formula is C14H14ClF3N2O4S. The van der Waals surface area contributed by atoms with Crippen LogP contribution in [-0.2, 0) is 19.7 Å². The fourth-order valence-corrected chi connectivity index (χ4v) is 3.30. The lowest BCUT2D eigenvalue weighted by Gasteiger charge is -2.25. The van der Waals surface area contributed by atoms with Crippen LogP contribution >= 0.6 is 11.6 Å². The molecule has 0 aliphatic carbocycles. The van der Waals surface area contributed by atoms with E-state index in [0.29, 0.717) is 0 Å². The number of alkyl halides is 3. The maximum Gasteiger partial charge on any atom is 0.417 e. The fraction of sp³-hybridized carbons (Fsp3) is 0.357. The van der Waals surface area contributed by atoms with Crippen molar-refractivity contribution in [2.75, 3.05) is 26.3 Å². The van der Waals surface area contributed by atoms with Gasteiger partial charge in [-0.3, -0.25) is 4.79 Å². The van der Waals surface area contributed by atoms with Crippen molar-refractivity contribution < 1.29 is 31.1 Å². The molecule has 1 N–H and O–H groups in total. The van der Waals surface area contributed by atoms with Crippen molar-refractivity contribution in [2.24, 2.45) is 0 Å². The van der Waals surface area contributed by atoms with Crippen molar-refractivity contribution in [1.82, 2.24) is 9.03 Å². The van der Waals surface area contributed by atoms with Crippen LogP contribution in [0.1, 0.15) is 5.56 Å². The minimum atomic E-state index is -4.85. The molecule has 0 radical (unpaired) electrons. The van der Waals surface area contributed by atoms with E-state index in [9.17, 15) is 26.4 Å². The van der Waals surface area contributed by atoms with Gasteiger partial charge in [-0.25, -0.2) is 4.72 Å². The molecule has 1 saturated heterocycles. The van der Waals surface area contributed by atoms with Gasteiger partial charge in [0.2, 0.25) is 0 Å². The van der Waals surface area contributed by atoms with Crippen molar-refractivity contribution >= 4 is 33.3 Å². The topological polar surface area (TPSA) is 75.7 Å². The summed E-state index contributed by atoms with van der Waals surface area (Å²) in [5.41, 5.74) is -1.59. The van der Waals surface area contributed by atoms with Gasteiger partial charge >= 0.3 is 16.4 Å². The number of ether oxygens (including phenoxy) is 1. The second-order valence-corrected chi connectivity index (χ2v) is 7.15. The summed E-state index contributed by atoms with van der Waals surface area (Å²) in [6, 6.07) is 4.65. The van der Waals surface area contributed by atoms with Crippen LogP contribution in [0, 0.1) is 0 Å². The van der Waals surface area contributed by atoms with Gasteiger partial charge in [-0.1, -0.05) is 23.7 Å². The van der Waals surface area contributed by atoms with E-state index in [2.05, 4.69) is 0 Å². The van der Waals surface area contributed by atoms with Gasteiger partial charge in [-0.05, 0) is 17.7 Å². The van der Waals surface area contributed by atoms with E-state index >= 15 is 0 Å². The average molecular weight is 399 g/mol. The maximum atomic E-state index is 13.2. The van der Waals surface area contributed by atoms with Gasteiger partial charge in [-0.15, -0.1) is 0 Å².